The van der Waals surface area contributed by atoms with Gasteiger partial charge >= 0.3 is 0 Å². The zero-order chi connectivity index (χ0) is 18.7. The second-order valence-corrected chi connectivity index (χ2v) is 8.15. The van der Waals surface area contributed by atoms with Gasteiger partial charge in [0.2, 0.25) is 5.91 Å². The molecule has 0 atom stereocenters. The summed E-state index contributed by atoms with van der Waals surface area (Å²) in [5.41, 5.74) is 2.04. The highest BCUT2D eigenvalue weighted by atomic mass is 32.1. The third kappa shape index (κ3) is 4.03. The van der Waals surface area contributed by atoms with Crippen molar-refractivity contribution in [3.05, 3.63) is 28.0 Å². The number of piperidine rings is 1. The van der Waals surface area contributed by atoms with E-state index in [4.69, 9.17) is 0 Å². The van der Waals surface area contributed by atoms with E-state index in [2.05, 4.69) is 32.9 Å². The van der Waals surface area contributed by atoms with Gasteiger partial charge in [0.25, 0.3) is 0 Å². The quantitative estimate of drug-likeness (QED) is 0.568. The normalized spacial score (nSPS) is 19.6. The summed E-state index contributed by atoms with van der Waals surface area (Å²) in [5, 5.41) is 10.3. The van der Waals surface area contributed by atoms with E-state index < -0.39 is 0 Å². The molecule has 6 nitrogen and oxygen atoms in total. The van der Waals surface area contributed by atoms with Gasteiger partial charge in [0, 0.05) is 37.7 Å². The average molecular weight is 374 g/mol. The molecule has 1 saturated carbocycles. The van der Waals surface area contributed by atoms with Crippen LogP contribution in [-0.4, -0.2) is 58.8 Å². The van der Waals surface area contributed by atoms with Crippen molar-refractivity contribution in [3.63, 3.8) is 0 Å². The summed E-state index contributed by atoms with van der Waals surface area (Å²) >= 11 is 1.58. The Bertz CT molecular complexity index is 726. The molecule has 1 saturated heterocycles. The summed E-state index contributed by atoms with van der Waals surface area (Å²) < 4.78 is 0. The minimum absolute atomic E-state index is 0.132. The molecule has 140 valence electrons. The van der Waals surface area contributed by atoms with Crippen molar-refractivity contribution in [2.75, 3.05) is 20.1 Å². The first kappa shape index (κ1) is 18.8. The fourth-order valence-electron chi connectivity index (χ4n) is 3.49. The minimum atomic E-state index is 0.132. The monoisotopic (exact) mass is 373 g/mol. The van der Waals surface area contributed by atoms with E-state index in [1.165, 1.54) is 0 Å². The Kier molecular flexibility index (Phi) is 5.86. The highest BCUT2D eigenvalue weighted by Crippen LogP contribution is 2.33. The summed E-state index contributed by atoms with van der Waals surface area (Å²) in [6.45, 7) is 9.27. The van der Waals surface area contributed by atoms with Crippen LogP contribution in [0.5, 0.6) is 0 Å². The van der Waals surface area contributed by atoms with Crippen molar-refractivity contribution in [2.45, 2.75) is 45.6 Å². The molecule has 0 N–H and O–H groups in total. The lowest BCUT2D eigenvalue weighted by Crippen LogP contribution is -2.41. The molecule has 1 aromatic rings. The Hall–Kier alpha value is -2.02. The SMILES string of the molecule is C=N/C=C(\C(=C/C)c1nnc(C)s1)N1CCC(C(=O)N(C)C2CC2)CC1. The Labute approximate surface area is 159 Å². The van der Waals surface area contributed by atoms with Crippen LogP contribution in [0.1, 0.15) is 42.6 Å². The van der Waals surface area contributed by atoms with Crippen LogP contribution in [0.15, 0.2) is 23.0 Å². The molecule has 0 bridgehead atoms. The van der Waals surface area contributed by atoms with Gasteiger partial charge in [-0.15, -0.1) is 10.2 Å². The standard InChI is InChI=1S/C19H27N5OS/c1-5-16(18-22-21-13(2)26-18)17(12-20-3)24-10-8-14(9-11-24)19(25)23(4)15-6-7-15/h5,12,14-15H,3,6-11H2,1-2,4H3/b16-5+,17-12+. The first-order valence-corrected chi connectivity index (χ1v) is 10.0. The highest BCUT2D eigenvalue weighted by Gasteiger charge is 2.35. The Morgan fingerprint density at radius 1 is 1.31 bits per heavy atom. The zero-order valence-electron chi connectivity index (χ0n) is 15.8. The number of likely N-dealkylation sites (tertiary alicyclic amines) is 1. The molecule has 0 radical (unpaired) electrons. The molecule has 1 aliphatic heterocycles. The lowest BCUT2D eigenvalue weighted by molar-refractivity contribution is -0.136. The predicted molar refractivity (Wildman–Crippen MR) is 106 cm³/mol. The van der Waals surface area contributed by atoms with Gasteiger partial charge in [-0.3, -0.25) is 9.79 Å². The molecule has 0 spiro atoms. The molecule has 1 amide bonds. The van der Waals surface area contributed by atoms with E-state index in [-0.39, 0.29) is 5.92 Å². The third-order valence-electron chi connectivity index (χ3n) is 5.16. The van der Waals surface area contributed by atoms with Gasteiger partial charge < -0.3 is 9.80 Å². The van der Waals surface area contributed by atoms with E-state index >= 15 is 0 Å². The fourth-order valence-corrected chi connectivity index (χ4v) is 4.27. The number of hydrogen-bond donors (Lipinski definition) is 0. The van der Waals surface area contributed by atoms with E-state index in [0.717, 1.165) is 60.1 Å². The third-order valence-corrected chi connectivity index (χ3v) is 6.03. The number of aliphatic imine (C=N–C) groups is 1. The van der Waals surface area contributed by atoms with E-state index in [9.17, 15) is 4.79 Å². The summed E-state index contributed by atoms with van der Waals surface area (Å²) in [5.74, 6) is 0.443. The molecule has 0 aromatic carbocycles. The summed E-state index contributed by atoms with van der Waals surface area (Å²) in [6.07, 6.45) is 7.91. The number of allylic oxidation sites excluding steroid dienone is 2. The molecule has 0 unspecified atom stereocenters. The van der Waals surface area contributed by atoms with Gasteiger partial charge in [0.1, 0.15) is 10.0 Å². The van der Waals surface area contributed by atoms with Crippen LogP contribution in [0, 0.1) is 12.8 Å². The fraction of sp³-hybridized carbons (Fsp3) is 0.579. The van der Waals surface area contributed by atoms with Crippen LogP contribution in [0.4, 0.5) is 0 Å². The largest absolute Gasteiger partial charge is 0.370 e. The van der Waals surface area contributed by atoms with Crippen LogP contribution in [0.25, 0.3) is 5.57 Å². The molecule has 3 rings (SSSR count). The van der Waals surface area contributed by atoms with E-state index in [0.29, 0.717) is 11.9 Å². The van der Waals surface area contributed by atoms with Gasteiger partial charge in [-0.25, -0.2) is 0 Å². The Balaban J connectivity index is 1.69. The first-order chi connectivity index (χ1) is 12.5. The highest BCUT2D eigenvalue weighted by molar-refractivity contribution is 7.12. The predicted octanol–water partition coefficient (Wildman–Crippen LogP) is 3.12. The number of aryl methyl sites for hydroxylation is 1. The Morgan fingerprint density at radius 3 is 2.50 bits per heavy atom. The van der Waals surface area contributed by atoms with Crippen LogP contribution in [-0.2, 0) is 4.79 Å². The van der Waals surface area contributed by atoms with Crippen LogP contribution < -0.4 is 0 Å². The lowest BCUT2D eigenvalue weighted by Gasteiger charge is -2.36. The average Bonchev–Trinajstić information content (AvgIpc) is 3.42. The topological polar surface area (TPSA) is 61.7 Å². The maximum atomic E-state index is 12.6. The minimum Gasteiger partial charge on any atom is -0.370 e. The van der Waals surface area contributed by atoms with Crippen LogP contribution >= 0.6 is 11.3 Å². The number of carbonyl (C=O) groups excluding carboxylic acids is 1. The van der Waals surface area contributed by atoms with Gasteiger partial charge in [-0.2, -0.15) is 0 Å². The molecule has 2 aliphatic rings. The van der Waals surface area contributed by atoms with Gasteiger partial charge in [0.15, 0.2) is 0 Å². The van der Waals surface area contributed by atoms with Crippen LogP contribution in [0.2, 0.25) is 0 Å². The molecule has 2 heterocycles. The van der Waals surface area contributed by atoms with Crippen LogP contribution in [0.3, 0.4) is 0 Å². The maximum Gasteiger partial charge on any atom is 0.225 e. The summed E-state index contributed by atoms with van der Waals surface area (Å²) in [4.78, 5) is 20.9. The number of carbonyl (C=O) groups is 1. The van der Waals surface area contributed by atoms with Crippen molar-refractivity contribution in [1.82, 2.24) is 20.0 Å². The number of rotatable bonds is 6. The number of aromatic nitrogens is 2. The lowest BCUT2D eigenvalue weighted by atomic mass is 9.94. The van der Waals surface area contributed by atoms with Gasteiger partial charge in [-0.1, -0.05) is 17.4 Å². The van der Waals surface area contributed by atoms with Crippen molar-refractivity contribution in [1.29, 1.82) is 0 Å². The van der Waals surface area contributed by atoms with Crippen molar-refractivity contribution in [3.8, 4) is 0 Å². The van der Waals surface area contributed by atoms with Gasteiger partial charge in [0.05, 0.1) is 11.9 Å². The molecule has 1 aliphatic carbocycles. The maximum absolute atomic E-state index is 12.6. The first-order valence-electron chi connectivity index (χ1n) is 9.20. The van der Waals surface area contributed by atoms with Crippen molar-refractivity contribution in [2.24, 2.45) is 10.9 Å². The second kappa shape index (κ2) is 8.12. The second-order valence-electron chi connectivity index (χ2n) is 6.97. The summed E-state index contributed by atoms with van der Waals surface area (Å²) in [7, 11) is 1.95. The molecular formula is C19H27N5OS. The molecular weight excluding hydrogens is 346 g/mol. The molecule has 2 fully saturated rings. The van der Waals surface area contributed by atoms with Crippen molar-refractivity contribution >= 4 is 29.5 Å². The molecule has 1 aromatic heterocycles. The smallest absolute Gasteiger partial charge is 0.225 e. The molecule has 7 heteroatoms. The van der Waals surface area contributed by atoms with Gasteiger partial charge in [-0.05, 0) is 46.2 Å². The Morgan fingerprint density at radius 2 is 2.00 bits per heavy atom. The number of nitrogens with zero attached hydrogens (tertiary/aromatic N) is 5. The zero-order valence-corrected chi connectivity index (χ0v) is 16.6. The van der Waals surface area contributed by atoms with E-state index in [1.54, 1.807) is 17.5 Å². The van der Waals surface area contributed by atoms with Crippen molar-refractivity contribution < 1.29 is 4.79 Å². The van der Waals surface area contributed by atoms with E-state index in [1.807, 2.05) is 25.8 Å². The number of amides is 1. The number of hydrogen-bond acceptors (Lipinski definition) is 6. The summed E-state index contributed by atoms with van der Waals surface area (Å²) in [6, 6.07) is 0.483. The molecule has 26 heavy (non-hydrogen) atoms.